The molecule has 0 bridgehead atoms. The van der Waals surface area contributed by atoms with Gasteiger partial charge in [-0.1, -0.05) is 12.1 Å². The summed E-state index contributed by atoms with van der Waals surface area (Å²) in [5, 5.41) is 13.6. The van der Waals surface area contributed by atoms with Crippen molar-refractivity contribution in [3.63, 3.8) is 0 Å². The Bertz CT molecular complexity index is 1280. The van der Waals surface area contributed by atoms with E-state index in [2.05, 4.69) is 27.1 Å². The Morgan fingerprint density at radius 2 is 1.84 bits per heavy atom. The first-order chi connectivity index (χ1) is 17.9. The molecule has 1 saturated carbocycles. The molecule has 2 fully saturated rings. The fourth-order valence-electron chi connectivity index (χ4n) is 4.58. The molecule has 0 spiro atoms. The van der Waals surface area contributed by atoms with Crippen LogP contribution in [0.2, 0.25) is 0 Å². The van der Waals surface area contributed by atoms with Gasteiger partial charge in [0.1, 0.15) is 24.0 Å². The number of nitrogens with zero attached hydrogens (tertiary/aromatic N) is 6. The van der Waals surface area contributed by atoms with Crippen molar-refractivity contribution in [2.75, 3.05) is 36.0 Å². The standard InChI is InChI=1S/C27H29FN6O3/c1-19(35)24(27(36)37)16-33(21-6-7-21)23-8-9-25(28)26(14-23)32-12-10-31(11-13-32)15-20-2-4-22(5-3-20)34-18-29-17-30-34/h2-5,8-9,14,16-18,21H,6-7,10-13,15H2,1H3,(H,36,37)/b24-16+. The lowest BCUT2D eigenvalue weighted by Crippen LogP contribution is -2.46. The van der Waals surface area contributed by atoms with E-state index in [0.717, 1.165) is 38.2 Å². The summed E-state index contributed by atoms with van der Waals surface area (Å²) in [5.41, 5.74) is 3.05. The molecular formula is C27H29FN6O3. The van der Waals surface area contributed by atoms with Gasteiger partial charge in [0.2, 0.25) is 0 Å². The van der Waals surface area contributed by atoms with Gasteiger partial charge in [-0.05, 0) is 55.7 Å². The quantitative estimate of drug-likeness (QED) is 0.270. The van der Waals surface area contributed by atoms with Crippen molar-refractivity contribution < 1.29 is 19.1 Å². The summed E-state index contributed by atoms with van der Waals surface area (Å²) in [6, 6.07) is 13.1. The monoisotopic (exact) mass is 504 g/mol. The number of benzene rings is 2. The number of carbonyl (C=O) groups is 2. The second-order valence-electron chi connectivity index (χ2n) is 9.45. The number of halogens is 1. The van der Waals surface area contributed by atoms with Crippen LogP contribution in [0.5, 0.6) is 0 Å². The van der Waals surface area contributed by atoms with Crippen LogP contribution in [0.4, 0.5) is 15.8 Å². The third-order valence-corrected chi connectivity index (χ3v) is 6.78. The van der Waals surface area contributed by atoms with Gasteiger partial charge in [0, 0.05) is 50.7 Å². The molecule has 10 heteroatoms. The highest BCUT2D eigenvalue weighted by Crippen LogP contribution is 2.35. The topological polar surface area (TPSA) is 94.8 Å². The predicted molar refractivity (Wildman–Crippen MR) is 137 cm³/mol. The lowest BCUT2D eigenvalue weighted by molar-refractivity contribution is -0.134. The second-order valence-corrected chi connectivity index (χ2v) is 9.45. The number of aliphatic carboxylic acids is 1. The van der Waals surface area contributed by atoms with Crippen LogP contribution >= 0.6 is 0 Å². The van der Waals surface area contributed by atoms with E-state index in [4.69, 9.17) is 0 Å². The number of carboxylic acid groups (broad SMARTS) is 1. The average Bonchev–Trinajstić information content (AvgIpc) is 3.58. The molecule has 9 nitrogen and oxygen atoms in total. The van der Waals surface area contributed by atoms with Crippen molar-refractivity contribution in [1.29, 1.82) is 0 Å². The van der Waals surface area contributed by atoms with Crippen molar-refractivity contribution in [1.82, 2.24) is 19.7 Å². The number of piperazine rings is 1. The Morgan fingerprint density at radius 1 is 1.11 bits per heavy atom. The molecule has 0 unspecified atom stereocenters. The molecule has 192 valence electrons. The molecule has 1 aromatic heterocycles. The van der Waals surface area contributed by atoms with Gasteiger partial charge < -0.3 is 14.9 Å². The first kappa shape index (κ1) is 24.6. The number of rotatable bonds is 9. The first-order valence-electron chi connectivity index (χ1n) is 12.3. The van der Waals surface area contributed by atoms with Gasteiger partial charge >= 0.3 is 5.97 Å². The first-order valence-corrected chi connectivity index (χ1v) is 12.3. The summed E-state index contributed by atoms with van der Waals surface area (Å²) in [5.74, 6) is -2.08. The van der Waals surface area contributed by atoms with Crippen molar-refractivity contribution in [3.05, 3.63) is 78.3 Å². The van der Waals surface area contributed by atoms with E-state index < -0.39 is 11.8 Å². The van der Waals surface area contributed by atoms with Crippen LogP contribution in [0.3, 0.4) is 0 Å². The number of hydrogen-bond donors (Lipinski definition) is 1. The summed E-state index contributed by atoms with van der Waals surface area (Å²) in [7, 11) is 0. The number of anilines is 2. The SMILES string of the molecule is CC(=O)/C(=C\N(c1ccc(F)c(N2CCN(Cc3ccc(-n4cncn4)cc3)CC2)c1)C1CC1)C(=O)O. The summed E-state index contributed by atoms with van der Waals surface area (Å²) >= 11 is 0. The zero-order chi connectivity index (χ0) is 25.9. The maximum Gasteiger partial charge on any atom is 0.340 e. The van der Waals surface area contributed by atoms with Crippen LogP contribution < -0.4 is 9.80 Å². The number of carbonyl (C=O) groups excluding carboxylic acids is 1. The van der Waals surface area contributed by atoms with Crippen LogP contribution in [-0.2, 0) is 16.1 Å². The highest BCUT2D eigenvalue weighted by atomic mass is 19.1. The van der Waals surface area contributed by atoms with Crippen LogP contribution in [0.25, 0.3) is 5.69 Å². The van der Waals surface area contributed by atoms with E-state index >= 15 is 0 Å². The van der Waals surface area contributed by atoms with E-state index in [9.17, 15) is 19.1 Å². The van der Waals surface area contributed by atoms with E-state index in [-0.39, 0.29) is 17.4 Å². The number of ketones is 1. The van der Waals surface area contributed by atoms with Gasteiger partial charge in [0.05, 0.1) is 11.4 Å². The Kier molecular flexibility index (Phi) is 7.00. The van der Waals surface area contributed by atoms with Gasteiger partial charge in [-0.2, -0.15) is 5.10 Å². The smallest absolute Gasteiger partial charge is 0.340 e. The van der Waals surface area contributed by atoms with E-state index in [1.165, 1.54) is 31.1 Å². The summed E-state index contributed by atoms with van der Waals surface area (Å²) in [6.07, 6.45) is 6.35. The fourth-order valence-corrected chi connectivity index (χ4v) is 4.58. The molecule has 1 aliphatic heterocycles. The fraction of sp³-hybridized carbons (Fsp3) is 0.333. The molecule has 3 aromatic rings. The molecule has 1 saturated heterocycles. The molecule has 5 rings (SSSR count). The maximum atomic E-state index is 14.9. The lowest BCUT2D eigenvalue weighted by atomic mass is 10.1. The number of carboxylic acids is 1. The number of hydrogen-bond acceptors (Lipinski definition) is 7. The lowest BCUT2D eigenvalue weighted by Gasteiger charge is -2.36. The number of aromatic nitrogens is 3. The third-order valence-electron chi connectivity index (χ3n) is 6.78. The van der Waals surface area contributed by atoms with Gasteiger partial charge in [0.15, 0.2) is 5.78 Å². The Labute approximate surface area is 214 Å². The molecule has 0 radical (unpaired) electrons. The van der Waals surface area contributed by atoms with Crippen molar-refractivity contribution in [2.24, 2.45) is 0 Å². The normalized spacial score (nSPS) is 16.6. The van der Waals surface area contributed by atoms with E-state index in [0.29, 0.717) is 24.5 Å². The molecule has 2 heterocycles. The number of Topliss-reactive ketones (excluding diaryl/α,β-unsaturated/α-hetero) is 1. The minimum Gasteiger partial charge on any atom is -0.478 e. The van der Waals surface area contributed by atoms with Gasteiger partial charge in [-0.3, -0.25) is 9.69 Å². The van der Waals surface area contributed by atoms with Gasteiger partial charge in [0.25, 0.3) is 0 Å². The average molecular weight is 505 g/mol. The van der Waals surface area contributed by atoms with E-state index in [1.54, 1.807) is 28.0 Å². The van der Waals surface area contributed by atoms with E-state index in [1.807, 2.05) is 17.0 Å². The summed E-state index contributed by atoms with van der Waals surface area (Å²) in [4.78, 5) is 33.5. The highest BCUT2D eigenvalue weighted by molar-refractivity contribution is 6.15. The molecule has 1 N–H and O–H groups in total. The van der Waals surface area contributed by atoms with Crippen LogP contribution in [0, 0.1) is 5.82 Å². The molecule has 0 atom stereocenters. The minimum atomic E-state index is -1.26. The molecule has 2 aromatic carbocycles. The van der Waals surface area contributed by atoms with Crippen molar-refractivity contribution >= 4 is 23.1 Å². The predicted octanol–water partition coefficient (Wildman–Crippen LogP) is 3.25. The van der Waals surface area contributed by atoms with Crippen molar-refractivity contribution in [3.8, 4) is 5.69 Å². The Hall–Kier alpha value is -4.05. The zero-order valence-electron chi connectivity index (χ0n) is 20.6. The van der Waals surface area contributed by atoms with Crippen molar-refractivity contribution in [2.45, 2.75) is 32.4 Å². The van der Waals surface area contributed by atoms with Gasteiger partial charge in [-0.15, -0.1) is 0 Å². The third kappa shape index (κ3) is 5.69. The molecule has 37 heavy (non-hydrogen) atoms. The highest BCUT2D eigenvalue weighted by Gasteiger charge is 2.31. The van der Waals surface area contributed by atoms with Crippen LogP contribution in [-0.4, -0.2) is 68.7 Å². The Balaban J connectivity index is 1.26. The summed E-state index contributed by atoms with van der Waals surface area (Å²) in [6.45, 7) is 4.96. The molecule has 1 aliphatic carbocycles. The van der Waals surface area contributed by atoms with Crippen LogP contribution in [0.1, 0.15) is 25.3 Å². The minimum absolute atomic E-state index is 0.111. The second kappa shape index (κ2) is 10.5. The molecular weight excluding hydrogens is 475 g/mol. The summed E-state index contributed by atoms with van der Waals surface area (Å²) < 4.78 is 16.6. The Morgan fingerprint density at radius 3 is 2.43 bits per heavy atom. The maximum absolute atomic E-state index is 14.9. The largest absolute Gasteiger partial charge is 0.478 e. The molecule has 2 aliphatic rings. The zero-order valence-corrected chi connectivity index (χ0v) is 20.6. The molecule has 0 amide bonds. The van der Waals surface area contributed by atoms with Gasteiger partial charge in [-0.25, -0.2) is 18.9 Å². The van der Waals surface area contributed by atoms with Crippen LogP contribution in [0.15, 0.2) is 66.9 Å².